The predicted octanol–water partition coefficient (Wildman–Crippen LogP) is 4.92. The van der Waals surface area contributed by atoms with Gasteiger partial charge in [-0.2, -0.15) is 0 Å². The van der Waals surface area contributed by atoms with Gasteiger partial charge in [-0.15, -0.1) is 24.9 Å². The molecule has 43 heavy (non-hydrogen) atoms. The highest BCUT2D eigenvalue weighted by Crippen LogP contribution is 2.69. The zero-order valence-corrected chi connectivity index (χ0v) is 27.2. The van der Waals surface area contributed by atoms with Crippen LogP contribution in [-0.2, 0) is 14.4 Å². The molecule has 8 nitrogen and oxygen atoms in total. The summed E-state index contributed by atoms with van der Waals surface area (Å²) in [4.78, 5) is 49.1. The quantitative estimate of drug-likeness (QED) is 0.284. The second kappa shape index (κ2) is 13.9. The van der Waals surface area contributed by atoms with Crippen LogP contribution in [0.5, 0.6) is 5.75 Å². The maximum Gasteiger partial charge on any atom is 0.247 e. The third kappa shape index (κ3) is 5.63. The van der Waals surface area contributed by atoms with E-state index in [1.165, 1.54) is 0 Å². The van der Waals surface area contributed by atoms with Crippen LogP contribution >= 0.6 is 11.8 Å². The van der Waals surface area contributed by atoms with Crippen molar-refractivity contribution in [3.05, 3.63) is 49.6 Å². The topological polar surface area (TPSA) is 90.4 Å². The lowest BCUT2D eigenvalue weighted by molar-refractivity contribution is -0.146. The Morgan fingerprint density at radius 1 is 1.16 bits per heavy atom. The fourth-order valence-electron chi connectivity index (χ4n) is 7.71. The lowest BCUT2D eigenvalue weighted by atomic mass is 9.65. The van der Waals surface area contributed by atoms with Crippen LogP contribution in [0.25, 0.3) is 0 Å². The van der Waals surface area contributed by atoms with Crippen LogP contribution in [-0.4, -0.2) is 87.1 Å². The van der Waals surface area contributed by atoms with Gasteiger partial charge < -0.3 is 24.5 Å². The molecule has 0 aliphatic carbocycles. The van der Waals surface area contributed by atoms with Crippen LogP contribution < -0.4 is 9.64 Å². The van der Waals surface area contributed by atoms with Crippen LogP contribution in [0.3, 0.4) is 0 Å². The van der Waals surface area contributed by atoms with Gasteiger partial charge in [0.1, 0.15) is 11.8 Å². The van der Waals surface area contributed by atoms with Gasteiger partial charge in [0.05, 0.1) is 35.8 Å². The first-order valence-corrected chi connectivity index (χ1v) is 16.7. The van der Waals surface area contributed by atoms with E-state index in [9.17, 15) is 19.5 Å². The normalized spacial score (nSPS) is 28.7. The molecule has 1 aromatic rings. The largest absolute Gasteiger partial charge is 0.494 e. The predicted molar refractivity (Wildman–Crippen MR) is 173 cm³/mol. The van der Waals surface area contributed by atoms with Crippen molar-refractivity contribution in [3.8, 4) is 5.75 Å². The first-order chi connectivity index (χ1) is 20.7. The van der Waals surface area contributed by atoms with Gasteiger partial charge in [-0.3, -0.25) is 14.4 Å². The van der Waals surface area contributed by atoms with Crippen LogP contribution in [0.15, 0.2) is 49.6 Å². The summed E-state index contributed by atoms with van der Waals surface area (Å²) < 4.78 is 4.84. The summed E-state index contributed by atoms with van der Waals surface area (Å²) in [6, 6.07) is 6.11. The van der Waals surface area contributed by atoms with Crippen LogP contribution in [0.4, 0.5) is 5.69 Å². The number of thioether (sulfide) groups is 1. The van der Waals surface area contributed by atoms with E-state index >= 15 is 0 Å². The Morgan fingerprint density at radius 3 is 2.40 bits per heavy atom. The molecule has 3 fully saturated rings. The zero-order valence-electron chi connectivity index (χ0n) is 26.4. The zero-order chi connectivity index (χ0) is 31.5. The first-order valence-electron chi connectivity index (χ1n) is 15.8. The molecule has 1 aromatic carbocycles. The van der Waals surface area contributed by atoms with Gasteiger partial charge in [0.2, 0.25) is 17.7 Å². The number of carbonyl (C=O) groups is 3. The number of nitrogens with zero attached hydrogens (tertiary/aromatic N) is 3. The van der Waals surface area contributed by atoms with Crippen molar-refractivity contribution in [1.29, 1.82) is 0 Å². The smallest absolute Gasteiger partial charge is 0.247 e. The molecule has 2 bridgehead atoms. The van der Waals surface area contributed by atoms with Gasteiger partial charge in [-0.05, 0) is 63.3 Å². The Bertz CT molecular complexity index is 1190. The average Bonchev–Trinajstić information content (AvgIpc) is 3.59. The number of anilines is 1. The van der Waals surface area contributed by atoms with Gasteiger partial charge in [0.25, 0.3) is 0 Å². The summed E-state index contributed by atoms with van der Waals surface area (Å²) in [5, 5.41) is 10.4. The fourth-order valence-corrected chi connectivity index (χ4v) is 10.1. The van der Waals surface area contributed by atoms with Gasteiger partial charge in [-0.1, -0.05) is 39.3 Å². The second-order valence-electron chi connectivity index (χ2n) is 12.1. The average molecular weight is 612 g/mol. The Balaban J connectivity index is 1.79. The van der Waals surface area contributed by atoms with Crippen molar-refractivity contribution in [2.75, 3.05) is 31.2 Å². The lowest BCUT2D eigenvalue weighted by Crippen LogP contribution is -2.60. The van der Waals surface area contributed by atoms with Crippen molar-refractivity contribution in [3.63, 3.8) is 0 Å². The molecule has 3 amide bonds. The number of hydrogen-bond acceptors (Lipinski definition) is 6. The number of carbonyl (C=O) groups excluding carboxylic acids is 3. The van der Waals surface area contributed by atoms with Crippen molar-refractivity contribution >= 4 is 35.2 Å². The third-order valence-corrected chi connectivity index (χ3v) is 11.7. The Hall–Kier alpha value is -2.78. The summed E-state index contributed by atoms with van der Waals surface area (Å²) in [6.07, 6.45) is 6.45. The molecule has 9 heteroatoms. The molecule has 0 aromatic heterocycles. The van der Waals surface area contributed by atoms with Crippen molar-refractivity contribution in [2.45, 2.75) is 88.4 Å². The maximum absolute atomic E-state index is 14.7. The highest BCUT2D eigenvalue weighted by atomic mass is 32.2. The molecule has 0 radical (unpaired) electrons. The minimum Gasteiger partial charge on any atom is -0.494 e. The molecule has 3 saturated heterocycles. The molecule has 8 atom stereocenters. The molecule has 3 heterocycles. The molecule has 1 spiro atoms. The minimum atomic E-state index is -0.762. The Kier molecular flexibility index (Phi) is 10.7. The SMILES string of the molecule is C=CCN(C(=O)[C@@H]1[C@@H]2CC(C)C3(S2)C(C(=O)N(CC=C)C(C)CCC)N([C@@H](CC)CO)C(=O)[C@H]13)c1ccc(OCC)cc1. The molecular weight excluding hydrogens is 562 g/mol. The number of hydrogen-bond donors (Lipinski definition) is 1. The first kappa shape index (κ1) is 33.1. The maximum atomic E-state index is 14.7. The standard InChI is InChI=1S/C34H49N3O5S/c1-8-13-23(7)35(18-9-2)33(41)30-34-22(6)20-27(43-34)28(29(34)32(40)37(30)24(11-4)21-38)31(39)36(19-10-3)25-14-16-26(17-15-25)42-12-5/h9-10,14-17,22-24,27-30,38H,2-3,8,11-13,18-21H2,1,4-7H3/t22?,23?,24-,27-,28+,29-,30?,34?/m0/s1. The van der Waals surface area contributed by atoms with Crippen molar-refractivity contribution < 1.29 is 24.2 Å². The molecular formula is C34H49N3O5S. The van der Waals surface area contributed by atoms with E-state index in [2.05, 4.69) is 27.0 Å². The summed E-state index contributed by atoms with van der Waals surface area (Å²) in [5.41, 5.74) is 0.713. The van der Waals surface area contributed by atoms with E-state index in [0.717, 1.165) is 25.0 Å². The summed E-state index contributed by atoms with van der Waals surface area (Å²) in [5.74, 6) is -0.896. The number of benzene rings is 1. The molecule has 3 aliphatic heterocycles. The molecule has 1 N–H and O–H groups in total. The Morgan fingerprint density at radius 2 is 1.84 bits per heavy atom. The van der Waals surface area contributed by atoms with E-state index < -0.39 is 28.7 Å². The van der Waals surface area contributed by atoms with E-state index in [0.29, 0.717) is 31.8 Å². The Labute approximate surface area is 261 Å². The summed E-state index contributed by atoms with van der Waals surface area (Å²) in [6.45, 7) is 18.9. The number of rotatable bonds is 15. The number of amides is 3. The number of aliphatic hydroxyl groups excluding tert-OH is 1. The fraction of sp³-hybridized carbons (Fsp3) is 0.618. The van der Waals surface area contributed by atoms with Crippen LogP contribution in [0, 0.1) is 17.8 Å². The molecule has 3 aliphatic rings. The molecule has 4 unspecified atom stereocenters. The van der Waals surface area contributed by atoms with E-state index in [4.69, 9.17) is 4.74 Å². The minimum absolute atomic E-state index is 0.0313. The highest BCUT2D eigenvalue weighted by molar-refractivity contribution is 8.02. The lowest BCUT2D eigenvalue weighted by Gasteiger charge is -2.43. The van der Waals surface area contributed by atoms with Gasteiger partial charge in [0.15, 0.2) is 0 Å². The van der Waals surface area contributed by atoms with E-state index in [1.54, 1.807) is 33.7 Å². The van der Waals surface area contributed by atoms with Crippen molar-refractivity contribution in [1.82, 2.24) is 9.80 Å². The van der Waals surface area contributed by atoms with E-state index in [-0.39, 0.29) is 41.5 Å². The van der Waals surface area contributed by atoms with Crippen LogP contribution in [0.2, 0.25) is 0 Å². The van der Waals surface area contributed by atoms with Gasteiger partial charge in [0, 0.05) is 30.1 Å². The molecule has 4 rings (SSSR count). The van der Waals surface area contributed by atoms with E-state index in [1.807, 2.05) is 49.9 Å². The number of ether oxygens (including phenoxy) is 1. The summed E-state index contributed by atoms with van der Waals surface area (Å²) in [7, 11) is 0. The number of likely N-dealkylation sites (tertiary alicyclic amines) is 1. The van der Waals surface area contributed by atoms with Crippen LogP contribution in [0.1, 0.15) is 60.3 Å². The van der Waals surface area contributed by atoms with Crippen molar-refractivity contribution in [2.24, 2.45) is 17.8 Å². The summed E-state index contributed by atoms with van der Waals surface area (Å²) >= 11 is 1.67. The molecule has 236 valence electrons. The highest BCUT2D eigenvalue weighted by Gasteiger charge is 2.77. The van der Waals surface area contributed by atoms with Gasteiger partial charge in [-0.25, -0.2) is 0 Å². The third-order valence-electron chi connectivity index (χ3n) is 9.66. The monoisotopic (exact) mass is 611 g/mol. The molecule has 0 saturated carbocycles. The van der Waals surface area contributed by atoms with Gasteiger partial charge >= 0.3 is 0 Å². The number of aliphatic hydroxyl groups is 1. The number of fused-ring (bicyclic) bond motifs is 1. The second-order valence-corrected chi connectivity index (χ2v) is 13.7.